The Kier molecular flexibility index (Phi) is 4.50. The number of aryl methyl sites for hydroxylation is 1. The highest BCUT2D eigenvalue weighted by Gasteiger charge is 2.37. The van der Waals surface area contributed by atoms with E-state index in [4.69, 9.17) is 4.52 Å². The molecule has 1 amide bonds. The summed E-state index contributed by atoms with van der Waals surface area (Å²) in [6.45, 7) is 2.03. The average molecular weight is 394 g/mol. The molecule has 0 aliphatic carbocycles. The first-order valence-corrected chi connectivity index (χ1v) is 10.7. The molecule has 0 atom stereocenters. The first-order valence-electron chi connectivity index (χ1n) is 8.87. The minimum absolute atomic E-state index is 0.0412. The Bertz CT molecular complexity index is 938. The van der Waals surface area contributed by atoms with Gasteiger partial charge in [0.1, 0.15) is 5.69 Å². The number of amides is 1. The zero-order valence-corrected chi connectivity index (χ0v) is 16.1. The lowest BCUT2D eigenvalue weighted by molar-refractivity contribution is 0.0559. The van der Waals surface area contributed by atoms with Crippen molar-refractivity contribution < 1.29 is 17.7 Å². The Morgan fingerprint density at radius 3 is 2.52 bits per heavy atom. The van der Waals surface area contributed by atoms with Gasteiger partial charge in [-0.05, 0) is 12.8 Å². The fourth-order valence-corrected chi connectivity index (χ4v) is 4.42. The molecule has 10 nitrogen and oxygen atoms in total. The summed E-state index contributed by atoms with van der Waals surface area (Å²) < 4.78 is 31.8. The third-order valence-corrected chi connectivity index (χ3v) is 6.60. The first-order chi connectivity index (χ1) is 12.8. The van der Waals surface area contributed by atoms with Gasteiger partial charge in [-0.15, -0.1) is 0 Å². The normalized spacial score (nSPS) is 20.0. The molecule has 27 heavy (non-hydrogen) atoms. The van der Waals surface area contributed by atoms with Gasteiger partial charge in [-0.2, -0.15) is 4.98 Å². The summed E-state index contributed by atoms with van der Waals surface area (Å²) in [5.41, 5.74) is 0.553. The number of carbonyl (C=O) groups excluding carboxylic acids is 1. The Morgan fingerprint density at radius 1 is 1.22 bits per heavy atom. The van der Waals surface area contributed by atoms with Crippen LogP contribution >= 0.6 is 0 Å². The number of aromatic nitrogens is 4. The van der Waals surface area contributed by atoms with E-state index in [0.717, 1.165) is 0 Å². The monoisotopic (exact) mass is 394 g/mol. The van der Waals surface area contributed by atoms with E-state index < -0.39 is 10.0 Å². The molecule has 4 heterocycles. The molecule has 0 spiro atoms. The number of imidazole rings is 1. The molecular formula is C16H22N6O4S. The van der Waals surface area contributed by atoms with Gasteiger partial charge in [-0.25, -0.2) is 17.7 Å². The van der Waals surface area contributed by atoms with Crippen molar-refractivity contribution in [3.05, 3.63) is 29.9 Å². The van der Waals surface area contributed by atoms with E-state index in [2.05, 4.69) is 15.1 Å². The van der Waals surface area contributed by atoms with Gasteiger partial charge in [-0.3, -0.25) is 4.79 Å². The number of piperidine rings is 1. The highest BCUT2D eigenvalue weighted by Crippen LogP contribution is 2.31. The van der Waals surface area contributed by atoms with Crippen molar-refractivity contribution in [2.75, 3.05) is 32.4 Å². The largest absolute Gasteiger partial charge is 0.339 e. The summed E-state index contributed by atoms with van der Waals surface area (Å²) in [5, 5.41) is 4.09. The number of nitrogens with zero attached hydrogens (tertiary/aromatic N) is 6. The van der Waals surface area contributed by atoms with Crippen LogP contribution in [0.4, 0.5) is 0 Å². The van der Waals surface area contributed by atoms with Crippen molar-refractivity contribution in [3.63, 3.8) is 0 Å². The molecule has 0 saturated carbocycles. The molecule has 2 aliphatic rings. The fourth-order valence-electron chi connectivity index (χ4n) is 3.55. The Hall–Kier alpha value is -2.27. The quantitative estimate of drug-likeness (QED) is 0.727. The molecule has 0 unspecified atom stereocenters. The second kappa shape index (κ2) is 6.71. The Balaban J connectivity index is 1.34. The van der Waals surface area contributed by atoms with Gasteiger partial charge in [0.05, 0.1) is 24.7 Å². The van der Waals surface area contributed by atoms with Gasteiger partial charge in [0.2, 0.25) is 15.9 Å². The summed E-state index contributed by atoms with van der Waals surface area (Å²) >= 11 is 0. The van der Waals surface area contributed by atoms with Gasteiger partial charge in [0, 0.05) is 39.1 Å². The molecule has 2 aliphatic heterocycles. The second-order valence-corrected chi connectivity index (χ2v) is 9.21. The zero-order valence-electron chi connectivity index (χ0n) is 15.3. The lowest BCUT2D eigenvalue weighted by Crippen LogP contribution is -2.49. The highest BCUT2D eigenvalue weighted by atomic mass is 32.2. The van der Waals surface area contributed by atoms with Gasteiger partial charge >= 0.3 is 0 Å². The van der Waals surface area contributed by atoms with Crippen molar-refractivity contribution >= 4 is 15.9 Å². The molecule has 0 bridgehead atoms. The molecule has 2 aromatic heterocycles. The SMILES string of the molecule is Cn1cncc1C(=O)N1CC(c2nc(C3CCN(S(C)(=O)=O)CC3)no2)C1. The van der Waals surface area contributed by atoms with Gasteiger partial charge in [0.15, 0.2) is 5.82 Å². The van der Waals surface area contributed by atoms with Gasteiger partial charge < -0.3 is 14.0 Å². The van der Waals surface area contributed by atoms with Crippen LogP contribution in [0.5, 0.6) is 0 Å². The van der Waals surface area contributed by atoms with E-state index in [-0.39, 0.29) is 17.7 Å². The summed E-state index contributed by atoms with van der Waals surface area (Å²) in [5.74, 6) is 1.27. The minimum Gasteiger partial charge on any atom is -0.339 e. The lowest BCUT2D eigenvalue weighted by atomic mass is 9.97. The van der Waals surface area contributed by atoms with Crippen LogP contribution in [0.1, 0.15) is 46.9 Å². The first kappa shape index (κ1) is 18.1. The topological polar surface area (TPSA) is 114 Å². The van der Waals surface area contributed by atoms with E-state index in [1.807, 2.05) is 0 Å². The van der Waals surface area contributed by atoms with E-state index in [9.17, 15) is 13.2 Å². The molecule has 11 heteroatoms. The summed E-state index contributed by atoms with van der Waals surface area (Å²) in [6, 6.07) is 0. The van der Waals surface area contributed by atoms with Gasteiger partial charge in [-0.1, -0.05) is 5.16 Å². The molecule has 2 fully saturated rings. The second-order valence-electron chi connectivity index (χ2n) is 7.22. The molecule has 0 aromatic carbocycles. The average Bonchev–Trinajstić information content (AvgIpc) is 3.22. The number of sulfonamides is 1. The standard InChI is InChI=1S/C16H22N6O4S/c1-20-10-17-7-13(20)16(23)21-8-12(9-21)15-18-14(19-26-15)11-3-5-22(6-4-11)27(2,24)25/h7,10-12H,3-6,8-9H2,1-2H3. The summed E-state index contributed by atoms with van der Waals surface area (Å²) in [4.78, 5) is 22.6. The van der Waals surface area contributed by atoms with E-state index >= 15 is 0 Å². The maximum Gasteiger partial charge on any atom is 0.272 e. The van der Waals surface area contributed by atoms with E-state index in [1.165, 1.54) is 10.6 Å². The fraction of sp³-hybridized carbons (Fsp3) is 0.625. The van der Waals surface area contributed by atoms with Crippen LogP contribution in [-0.4, -0.2) is 75.7 Å². The van der Waals surface area contributed by atoms with Crippen LogP contribution in [0.25, 0.3) is 0 Å². The van der Waals surface area contributed by atoms with Crippen LogP contribution < -0.4 is 0 Å². The zero-order chi connectivity index (χ0) is 19.2. The maximum atomic E-state index is 12.4. The number of hydrogen-bond acceptors (Lipinski definition) is 7. The van der Waals surface area contributed by atoms with Crippen molar-refractivity contribution in [2.45, 2.75) is 24.7 Å². The molecular weight excluding hydrogens is 372 g/mol. The smallest absolute Gasteiger partial charge is 0.272 e. The molecule has 2 aromatic rings. The van der Waals surface area contributed by atoms with Crippen molar-refractivity contribution in [3.8, 4) is 0 Å². The predicted octanol–water partition coefficient (Wildman–Crippen LogP) is 0.182. The maximum absolute atomic E-state index is 12.4. The van der Waals surface area contributed by atoms with Crippen LogP contribution in [0.15, 0.2) is 17.0 Å². The third kappa shape index (κ3) is 3.48. The summed E-state index contributed by atoms with van der Waals surface area (Å²) in [7, 11) is -1.36. The van der Waals surface area contributed by atoms with Crippen LogP contribution in [-0.2, 0) is 17.1 Å². The van der Waals surface area contributed by atoms with Crippen LogP contribution in [0.3, 0.4) is 0 Å². The number of likely N-dealkylation sites (tertiary alicyclic amines) is 1. The Morgan fingerprint density at radius 2 is 1.93 bits per heavy atom. The number of carbonyl (C=O) groups is 1. The molecule has 146 valence electrons. The number of hydrogen-bond donors (Lipinski definition) is 0. The third-order valence-electron chi connectivity index (χ3n) is 5.30. The van der Waals surface area contributed by atoms with Crippen molar-refractivity contribution in [1.82, 2.24) is 28.9 Å². The number of rotatable bonds is 4. The molecule has 4 rings (SSSR count). The minimum atomic E-state index is -3.15. The highest BCUT2D eigenvalue weighted by molar-refractivity contribution is 7.88. The van der Waals surface area contributed by atoms with Gasteiger partial charge in [0.25, 0.3) is 5.91 Å². The van der Waals surface area contributed by atoms with E-state index in [1.54, 1.807) is 29.0 Å². The molecule has 0 N–H and O–H groups in total. The van der Waals surface area contributed by atoms with Crippen molar-refractivity contribution in [2.24, 2.45) is 7.05 Å². The Labute approximate surface area is 157 Å². The lowest BCUT2D eigenvalue weighted by Gasteiger charge is -2.36. The predicted molar refractivity (Wildman–Crippen MR) is 94.5 cm³/mol. The van der Waals surface area contributed by atoms with E-state index in [0.29, 0.717) is 56.4 Å². The van der Waals surface area contributed by atoms with Crippen molar-refractivity contribution in [1.29, 1.82) is 0 Å². The van der Waals surface area contributed by atoms with Crippen LogP contribution in [0, 0.1) is 0 Å². The van der Waals surface area contributed by atoms with Crippen LogP contribution in [0.2, 0.25) is 0 Å². The summed E-state index contributed by atoms with van der Waals surface area (Å²) in [6.07, 6.45) is 5.76. The molecule has 0 radical (unpaired) electrons. The molecule has 2 saturated heterocycles.